The van der Waals surface area contributed by atoms with E-state index in [0.29, 0.717) is 0 Å². The molecule has 1 aromatic heterocycles. The van der Waals surface area contributed by atoms with E-state index in [4.69, 9.17) is 21.0 Å². The minimum atomic E-state index is -5.41. The predicted molar refractivity (Wildman–Crippen MR) is 109 cm³/mol. The van der Waals surface area contributed by atoms with Gasteiger partial charge in [-0.2, -0.15) is 12.6 Å². The fourth-order valence-electron chi connectivity index (χ4n) is 1.88. The predicted octanol–water partition coefficient (Wildman–Crippen LogP) is 2.93. The van der Waals surface area contributed by atoms with Crippen molar-refractivity contribution < 1.29 is 47.9 Å². The molecule has 29 heavy (non-hydrogen) atoms. The second kappa shape index (κ2) is 8.21. The molecule has 0 aliphatic rings. The van der Waals surface area contributed by atoms with Crippen LogP contribution in [-0.4, -0.2) is 32.6 Å². The lowest BCUT2D eigenvalue weighted by molar-refractivity contribution is 0.386. The number of aromatic nitrogens is 1. The Morgan fingerprint density at radius 2 is 1.41 bits per heavy atom. The van der Waals surface area contributed by atoms with E-state index < -0.39 is 127 Å². The van der Waals surface area contributed by atoms with Gasteiger partial charge in [-0.05, 0) is 47.4 Å². The number of nitrogens with zero attached hydrogens (tertiary/aromatic N) is 1. The zero-order valence-electron chi connectivity index (χ0n) is 26.9. The molecule has 8 nitrogen and oxygen atoms in total. The quantitative estimate of drug-likeness (QED) is 0.418. The molecular formula is C19H17NO7S2. The number of benzene rings is 2. The molecule has 10 heteroatoms. The van der Waals surface area contributed by atoms with Crippen molar-refractivity contribution in [1.29, 1.82) is 0 Å². The number of pyridine rings is 1. The first-order valence-corrected chi connectivity index (χ1v) is 10.1. The zero-order chi connectivity index (χ0) is 32.4. The summed E-state index contributed by atoms with van der Waals surface area (Å²) < 4.78 is 170. The third-order valence-corrected chi connectivity index (χ3v) is 3.61. The van der Waals surface area contributed by atoms with Gasteiger partial charge in [0.2, 0.25) is 10.1 Å². The molecule has 152 valence electrons. The largest absolute Gasteiger partial charge is 0.446 e. The molecule has 0 aliphatic carbocycles. The Kier molecular flexibility index (Phi) is 2.75. The SMILES string of the molecule is [2H]c1nc(C([2H])(c2c([2H])c([2H])c(OS(=C)(=O)O)c([2H])c2[2H])c2c([2H])c([2H])c(OS(=O)(=O)O)c([2H])c2[2H])c([2H])c([2H])c1[2H]. The molecule has 0 amide bonds. The highest BCUT2D eigenvalue weighted by Gasteiger charge is 2.19. The molecule has 1 heterocycles. The fourth-order valence-corrected chi connectivity index (χ4v) is 2.52. The fraction of sp³-hybridized carbons (Fsp3) is 0.0526. The van der Waals surface area contributed by atoms with Crippen molar-refractivity contribution in [3.05, 3.63) is 89.5 Å². The lowest BCUT2D eigenvalue weighted by Crippen LogP contribution is -2.08. The van der Waals surface area contributed by atoms with Crippen LogP contribution in [0.1, 0.15) is 40.5 Å². The first-order valence-electron chi connectivity index (χ1n) is 13.6. The van der Waals surface area contributed by atoms with E-state index >= 15 is 0 Å². The van der Waals surface area contributed by atoms with Crippen molar-refractivity contribution in [3.8, 4) is 11.5 Å². The molecule has 2 atom stereocenters. The van der Waals surface area contributed by atoms with Crippen molar-refractivity contribution in [1.82, 2.24) is 4.98 Å². The Hall–Kier alpha value is -2.92. The molecule has 0 saturated carbocycles. The summed E-state index contributed by atoms with van der Waals surface area (Å²) in [6.07, 6.45) is -1.04. The molecular weight excluding hydrogens is 418 g/mol. The van der Waals surface area contributed by atoms with Crippen LogP contribution in [0.2, 0.25) is 0 Å². The van der Waals surface area contributed by atoms with Gasteiger partial charge in [0.05, 0.1) is 28.0 Å². The second-order valence-electron chi connectivity index (χ2n) is 4.91. The summed E-state index contributed by atoms with van der Waals surface area (Å²) in [6, 6.07) is -13.3. The van der Waals surface area contributed by atoms with E-state index in [9.17, 15) is 18.6 Å². The zero-order valence-corrected chi connectivity index (χ0v) is 15.5. The first kappa shape index (κ1) is 9.72. The average Bonchev–Trinajstić information content (AvgIpc) is 2.86. The lowest BCUT2D eigenvalue weighted by atomic mass is 9.88. The van der Waals surface area contributed by atoms with Gasteiger partial charge in [0.1, 0.15) is 11.5 Å². The Labute approximate surface area is 187 Å². The topological polar surface area (TPSA) is 123 Å². The van der Waals surface area contributed by atoms with Crippen molar-refractivity contribution >= 4 is 26.4 Å². The van der Waals surface area contributed by atoms with Crippen molar-refractivity contribution in [2.45, 2.75) is 5.89 Å². The molecule has 2 unspecified atom stereocenters. The van der Waals surface area contributed by atoms with Gasteiger partial charge in [0.15, 0.2) is 0 Å². The van der Waals surface area contributed by atoms with Crippen LogP contribution < -0.4 is 8.37 Å². The van der Waals surface area contributed by atoms with Crippen molar-refractivity contribution in [3.63, 3.8) is 0 Å². The monoisotopic (exact) mass is 448 g/mol. The highest BCUT2D eigenvalue weighted by atomic mass is 32.3. The maximum absolute atomic E-state index is 11.7. The molecule has 2 aromatic carbocycles. The average molecular weight is 449 g/mol. The summed E-state index contributed by atoms with van der Waals surface area (Å²) in [4.78, 5) is 3.62. The summed E-state index contributed by atoms with van der Waals surface area (Å²) >= 11 is 0. The highest BCUT2D eigenvalue weighted by Crippen LogP contribution is 2.32. The van der Waals surface area contributed by atoms with Gasteiger partial charge < -0.3 is 8.37 Å². The van der Waals surface area contributed by atoms with Gasteiger partial charge >= 0.3 is 10.4 Å². The number of hydrogen-bond acceptors (Lipinski definition) is 6. The maximum atomic E-state index is 11.7. The summed E-state index contributed by atoms with van der Waals surface area (Å²) in [5.74, 6) is -3.07. The van der Waals surface area contributed by atoms with Crippen LogP contribution in [-0.2, 0) is 20.5 Å². The molecule has 0 spiro atoms. The highest BCUT2D eigenvalue weighted by molar-refractivity contribution is 7.90. The Morgan fingerprint density at radius 1 is 0.897 bits per heavy atom. The molecule has 3 rings (SSSR count). The second-order valence-corrected chi connectivity index (χ2v) is 7.26. The summed E-state index contributed by atoms with van der Waals surface area (Å²) in [7, 11) is -9.85. The van der Waals surface area contributed by atoms with Gasteiger partial charge in [-0.1, -0.05) is 30.2 Å². The van der Waals surface area contributed by atoms with Gasteiger partial charge in [-0.25, -0.2) is 0 Å². The Bertz CT molecular complexity index is 1730. The van der Waals surface area contributed by atoms with Gasteiger partial charge in [0.25, 0.3) is 0 Å². The third kappa shape index (κ3) is 6.03. The van der Waals surface area contributed by atoms with Gasteiger partial charge in [-0.15, -0.1) is 0 Å². The summed E-state index contributed by atoms with van der Waals surface area (Å²) in [6.45, 7) is 0. The summed E-state index contributed by atoms with van der Waals surface area (Å²) in [5, 5.41) is 0. The van der Waals surface area contributed by atoms with E-state index in [1.165, 1.54) is 0 Å². The minimum absolute atomic E-state index is 0.918. The Morgan fingerprint density at radius 3 is 1.90 bits per heavy atom. The smallest absolute Gasteiger partial charge is 0.390 e. The maximum Gasteiger partial charge on any atom is 0.446 e. The van der Waals surface area contributed by atoms with E-state index in [2.05, 4.69) is 19.2 Å². The normalized spacial score (nSPS) is 21.9. The molecule has 0 bridgehead atoms. The number of rotatable bonds is 7. The van der Waals surface area contributed by atoms with Crippen molar-refractivity contribution in [2.24, 2.45) is 0 Å². The van der Waals surface area contributed by atoms with Gasteiger partial charge in [-0.3, -0.25) is 14.1 Å². The lowest BCUT2D eigenvalue weighted by Gasteiger charge is -2.18. The van der Waals surface area contributed by atoms with Crippen LogP contribution in [0, 0.1) is 0 Å². The minimum Gasteiger partial charge on any atom is -0.390 e. The molecule has 0 aliphatic heterocycles. The third-order valence-electron chi connectivity index (χ3n) is 2.81. The molecule has 2 N–H and O–H groups in total. The van der Waals surface area contributed by atoms with Crippen LogP contribution in [0.15, 0.2) is 72.6 Å². The summed E-state index contributed by atoms with van der Waals surface area (Å²) in [5.41, 5.74) is -3.49. The van der Waals surface area contributed by atoms with Crippen LogP contribution in [0.5, 0.6) is 11.5 Å². The first-order chi connectivity index (χ1) is 19.0. The van der Waals surface area contributed by atoms with E-state index in [1.807, 2.05) is 0 Å². The number of hydrogen-bond donors (Lipinski definition) is 2. The van der Waals surface area contributed by atoms with Crippen LogP contribution >= 0.6 is 0 Å². The Balaban J connectivity index is 2.69. The standard InChI is InChI=1S/C19H17NO7S2/c1-28(21,22)26-16-9-5-14(6-10-16)19(18-4-2-3-13-20-18)15-7-11-17(12-8-15)27-29(23,24)25/h2-13,19H,1H2,(H,21,22)(H,23,24,25)/i2D,3D,4D,5D,6D,7D,8D,9D,10D,11D,12D,13D,19D. The van der Waals surface area contributed by atoms with Crippen molar-refractivity contribution in [2.75, 3.05) is 0 Å². The van der Waals surface area contributed by atoms with E-state index in [0.717, 1.165) is 0 Å². The van der Waals surface area contributed by atoms with Crippen LogP contribution in [0.25, 0.3) is 0 Å². The molecule has 3 aromatic rings. The van der Waals surface area contributed by atoms with E-state index in [-0.39, 0.29) is 0 Å². The van der Waals surface area contributed by atoms with Gasteiger partial charge in [0, 0.05) is 13.4 Å². The molecule has 0 radical (unpaired) electrons. The molecule has 0 saturated heterocycles. The van der Waals surface area contributed by atoms with Crippen LogP contribution in [0.3, 0.4) is 0 Å². The van der Waals surface area contributed by atoms with E-state index in [1.54, 1.807) is 0 Å². The molecule has 0 fully saturated rings. The van der Waals surface area contributed by atoms with Crippen LogP contribution in [0.4, 0.5) is 0 Å².